The standard InChI is InChI=1S/C29H26N2O3/c1-19-8-11-21(12-9-19)24-6-4-5-7-25(24)28(33)30-23-15-13-22(14-16-23)29(34)31(3)26-18-20(2)10-17-27(26)32/h4-18,32H,1-3H3,(H,30,33). The number of carbonyl (C=O) groups excluding carboxylic acids is 2. The fourth-order valence-corrected chi connectivity index (χ4v) is 3.77. The van der Waals surface area contributed by atoms with Gasteiger partial charge in [-0.3, -0.25) is 9.59 Å². The maximum atomic E-state index is 13.0. The van der Waals surface area contributed by atoms with Crippen LogP contribution in [-0.2, 0) is 0 Å². The van der Waals surface area contributed by atoms with Gasteiger partial charge in [0.25, 0.3) is 11.8 Å². The first kappa shape index (κ1) is 22.8. The Labute approximate surface area is 199 Å². The molecule has 4 aromatic carbocycles. The van der Waals surface area contributed by atoms with Crippen LogP contribution >= 0.6 is 0 Å². The summed E-state index contributed by atoms with van der Waals surface area (Å²) in [5, 5.41) is 13.0. The molecule has 0 heterocycles. The van der Waals surface area contributed by atoms with Crippen LogP contribution in [0.15, 0.2) is 91.0 Å². The van der Waals surface area contributed by atoms with Gasteiger partial charge in [0.15, 0.2) is 0 Å². The normalized spacial score (nSPS) is 10.6. The molecule has 2 amide bonds. The molecule has 4 rings (SSSR count). The molecule has 0 aliphatic heterocycles. The molecule has 170 valence electrons. The molecule has 0 saturated carbocycles. The number of hydrogen-bond donors (Lipinski definition) is 2. The number of amides is 2. The summed E-state index contributed by atoms with van der Waals surface area (Å²) in [6.45, 7) is 3.92. The van der Waals surface area contributed by atoms with Crippen LogP contribution in [0.1, 0.15) is 31.8 Å². The summed E-state index contributed by atoms with van der Waals surface area (Å²) in [5.41, 5.74) is 5.96. The van der Waals surface area contributed by atoms with Crippen LogP contribution in [0, 0.1) is 13.8 Å². The maximum Gasteiger partial charge on any atom is 0.258 e. The highest BCUT2D eigenvalue weighted by molar-refractivity contribution is 6.09. The minimum absolute atomic E-state index is 0.0394. The Morgan fingerprint density at radius 2 is 1.44 bits per heavy atom. The van der Waals surface area contributed by atoms with E-state index in [1.54, 1.807) is 55.6 Å². The average Bonchev–Trinajstić information content (AvgIpc) is 2.85. The number of nitrogens with zero attached hydrogens (tertiary/aromatic N) is 1. The molecule has 0 aliphatic rings. The summed E-state index contributed by atoms with van der Waals surface area (Å²) in [5.74, 6) is -0.446. The molecule has 0 aromatic heterocycles. The zero-order valence-electron chi connectivity index (χ0n) is 19.4. The number of anilines is 2. The SMILES string of the molecule is Cc1ccc(-c2ccccc2C(=O)Nc2ccc(C(=O)N(C)c3cc(C)ccc3O)cc2)cc1. The van der Waals surface area contributed by atoms with Crippen LogP contribution in [0.3, 0.4) is 0 Å². The molecule has 34 heavy (non-hydrogen) atoms. The van der Waals surface area contributed by atoms with E-state index >= 15 is 0 Å². The minimum atomic E-state index is -0.261. The molecule has 5 nitrogen and oxygen atoms in total. The molecule has 0 atom stereocenters. The third-order valence-electron chi connectivity index (χ3n) is 5.72. The van der Waals surface area contributed by atoms with E-state index in [9.17, 15) is 14.7 Å². The summed E-state index contributed by atoms with van der Waals surface area (Å²) >= 11 is 0. The highest BCUT2D eigenvalue weighted by Crippen LogP contribution is 2.29. The van der Waals surface area contributed by atoms with Gasteiger partial charge in [0, 0.05) is 23.9 Å². The zero-order valence-corrected chi connectivity index (χ0v) is 19.4. The van der Waals surface area contributed by atoms with E-state index < -0.39 is 0 Å². The second kappa shape index (κ2) is 9.63. The number of carbonyl (C=O) groups is 2. The van der Waals surface area contributed by atoms with Crippen molar-refractivity contribution in [3.63, 3.8) is 0 Å². The Morgan fingerprint density at radius 3 is 2.15 bits per heavy atom. The number of phenolic OH excluding ortho intramolecular Hbond substituents is 1. The molecule has 0 unspecified atom stereocenters. The van der Waals surface area contributed by atoms with Crippen molar-refractivity contribution in [1.29, 1.82) is 0 Å². The van der Waals surface area contributed by atoms with Crippen molar-refractivity contribution in [2.45, 2.75) is 13.8 Å². The predicted molar refractivity (Wildman–Crippen MR) is 137 cm³/mol. The van der Waals surface area contributed by atoms with E-state index in [-0.39, 0.29) is 17.6 Å². The van der Waals surface area contributed by atoms with Crippen molar-refractivity contribution in [3.05, 3.63) is 113 Å². The summed E-state index contributed by atoms with van der Waals surface area (Å²) < 4.78 is 0. The van der Waals surface area contributed by atoms with E-state index in [1.165, 1.54) is 4.90 Å². The molecule has 2 N–H and O–H groups in total. The van der Waals surface area contributed by atoms with Gasteiger partial charge in [0.2, 0.25) is 0 Å². The topological polar surface area (TPSA) is 69.6 Å². The second-order valence-electron chi connectivity index (χ2n) is 8.30. The predicted octanol–water partition coefficient (Wildman–Crippen LogP) is 6.20. The fraction of sp³-hybridized carbons (Fsp3) is 0.103. The molecule has 0 bridgehead atoms. The Bertz CT molecular complexity index is 1340. The zero-order chi connectivity index (χ0) is 24.2. The van der Waals surface area contributed by atoms with Crippen LogP contribution in [0.5, 0.6) is 5.75 Å². The number of nitrogens with one attached hydrogen (secondary N) is 1. The molecular formula is C29H26N2O3. The first-order valence-electron chi connectivity index (χ1n) is 11.0. The van der Waals surface area contributed by atoms with Gasteiger partial charge in [-0.25, -0.2) is 0 Å². The van der Waals surface area contributed by atoms with Crippen LogP contribution in [0.25, 0.3) is 11.1 Å². The smallest absolute Gasteiger partial charge is 0.258 e. The number of phenols is 1. The van der Waals surface area contributed by atoms with Crippen LogP contribution < -0.4 is 10.2 Å². The molecule has 5 heteroatoms. The highest BCUT2D eigenvalue weighted by atomic mass is 16.3. The number of hydrogen-bond acceptors (Lipinski definition) is 3. The quantitative estimate of drug-likeness (QED) is 0.380. The molecule has 0 radical (unpaired) electrons. The first-order chi connectivity index (χ1) is 16.3. The highest BCUT2D eigenvalue weighted by Gasteiger charge is 2.17. The van der Waals surface area contributed by atoms with E-state index in [4.69, 9.17) is 0 Å². The van der Waals surface area contributed by atoms with Crippen LogP contribution in [0.4, 0.5) is 11.4 Å². The summed E-state index contributed by atoms with van der Waals surface area (Å²) in [6.07, 6.45) is 0. The lowest BCUT2D eigenvalue weighted by molar-refractivity contribution is 0.0991. The Kier molecular flexibility index (Phi) is 6.46. The lowest BCUT2D eigenvalue weighted by Gasteiger charge is -2.19. The van der Waals surface area contributed by atoms with Crippen LogP contribution in [-0.4, -0.2) is 24.0 Å². The Morgan fingerprint density at radius 1 is 0.794 bits per heavy atom. The third kappa shape index (κ3) is 4.84. The Hall–Kier alpha value is -4.38. The lowest BCUT2D eigenvalue weighted by Crippen LogP contribution is -2.26. The number of rotatable bonds is 5. The van der Waals surface area contributed by atoms with E-state index in [0.717, 1.165) is 22.3 Å². The monoisotopic (exact) mass is 450 g/mol. The maximum absolute atomic E-state index is 13.0. The molecule has 0 fully saturated rings. The number of aromatic hydroxyl groups is 1. The molecular weight excluding hydrogens is 424 g/mol. The van der Waals surface area contributed by atoms with Crippen molar-refractivity contribution in [1.82, 2.24) is 0 Å². The first-order valence-corrected chi connectivity index (χ1v) is 11.0. The van der Waals surface area contributed by atoms with Gasteiger partial charge in [0.05, 0.1) is 5.69 Å². The third-order valence-corrected chi connectivity index (χ3v) is 5.72. The summed E-state index contributed by atoms with van der Waals surface area (Å²) in [7, 11) is 1.62. The van der Waals surface area contributed by atoms with Crippen molar-refractivity contribution in [3.8, 4) is 16.9 Å². The van der Waals surface area contributed by atoms with Gasteiger partial charge in [-0.1, -0.05) is 54.1 Å². The van der Waals surface area contributed by atoms with Crippen molar-refractivity contribution >= 4 is 23.2 Å². The molecule has 0 aliphatic carbocycles. The second-order valence-corrected chi connectivity index (χ2v) is 8.30. The molecule has 0 saturated heterocycles. The van der Waals surface area contributed by atoms with Gasteiger partial charge < -0.3 is 15.3 Å². The lowest BCUT2D eigenvalue weighted by atomic mass is 9.98. The van der Waals surface area contributed by atoms with Crippen molar-refractivity contribution in [2.24, 2.45) is 0 Å². The largest absolute Gasteiger partial charge is 0.506 e. The van der Waals surface area contributed by atoms with Gasteiger partial charge >= 0.3 is 0 Å². The fourth-order valence-electron chi connectivity index (χ4n) is 3.77. The van der Waals surface area contributed by atoms with Crippen molar-refractivity contribution in [2.75, 3.05) is 17.3 Å². The number of aryl methyl sites for hydroxylation is 2. The average molecular weight is 451 g/mol. The van der Waals surface area contributed by atoms with Crippen LogP contribution in [0.2, 0.25) is 0 Å². The van der Waals surface area contributed by atoms with Gasteiger partial charge in [-0.2, -0.15) is 0 Å². The van der Waals surface area contributed by atoms with E-state index in [2.05, 4.69) is 5.32 Å². The Balaban J connectivity index is 1.51. The van der Waals surface area contributed by atoms with Gasteiger partial charge in [0.1, 0.15) is 5.75 Å². The molecule has 4 aromatic rings. The minimum Gasteiger partial charge on any atom is -0.506 e. The van der Waals surface area contributed by atoms with Crippen molar-refractivity contribution < 1.29 is 14.7 Å². The molecule has 0 spiro atoms. The van der Waals surface area contributed by atoms with E-state index in [1.807, 2.05) is 56.3 Å². The van der Waals surface area contributed by atoms with Gasteiger partial charge in [-0.05, 0) is 73.0 Å². The number of benzene rings is 4. The van der Waals surface area contributed by atoms with Gasteiger partial charge in [-0.15, -0.1) is 0 Å². The van der Waals surface area contributed by atoms with E-state index in [0.29, 0.717) is 22.5 Å². The summed E-state index contributed by atoms with van der Waals surface area (Å²) in [4.78, 5) is 27.4. The summed E-state index contributed by atoms with van der Waals surface area (Å²) in [6, 6.07) is 27.4.